The molecule has 21 heavy (non-hydrogen) atoms. The zero-order valence-electron chi connectivity index (χ0n) is 12.5. The number of aryl methyl sites for hydroxylation is 1. The highest BCUT2D eigenvalue weighted by Crippen LogP contribution is 2.29. The molecule has 1 aliphatic rings. The largest absolute Gasteiger partial charge is 0.462 e. The molecule has 3 rings (SSSR count). The van der Waals surface area contributed by atoms with Gasteiger partial charge in [-0.2, -0.15) is 0 Å². The number of hydrogen-bond donors (Lipinski definition) is 0. The molecule has 3 heterocycles. The molecule has 0 bridgehead atoms. The van der Waals surface area contributed by atoms with Gasteiger partial charge in [0.25, 0.3) is 0 Å². The van der Waals surface area contributed by atoms with Gasteiger partial charge in [0.05, 0.1) is 13.1 Å². The number of furan rings is 1. The van der Waals surface area contributed by atoms with Crippen LogP contribution in [0.4, 0.5) is 0 Å². The average molecular weight is 291 g/mol. The minimum absolute atomic E-state index is 0.122. The predicted octanol–water partition coefficient (Wildman–Crippen LogP) is 2.84. The molecule has 0 spiro atoms. The predicted molar refractivity (Wildman–Crippen MR) is 75.5 cm³/mol. The summed E-state index contributed by atoms with van der Waals surface area (Å²) in [7, 11) is 2.00. The highest BCUT2D eigenvalue weighted by molar-refractivity contribution is 5.10. The molecule has 2 aromatic rings. The van der Waals surface area contributed by atoms with E-state index in [-0.39, 0.29) is 6.10 Å². The summed E-state index contributed by atoms with van der Waals surface area (Å²) in [4.78, 5) is 2.08. The fourth-order valence-electron chi connectivity index (χ4n) is 2.57. The third-order valence-corrected chi connectivity index (χ3v) is 3.58. The molecule has 2 aromatic heterocycles. The zero-order valence-corrected chi connectivity index (χ0v) is 12.5. The van der Waals surface area contributed by atoms with Crippen molar-refractivity contribution >= 4 is 0 Å². The van der Waals surface area contributed by atoms with Crippen LogP contribution in [0.1, 0.15) is 48.7 Å². The van der Waals surface area contributed by atoms with Crippen LogP contribution in [-0.4, -0.2) is 28.8 Å². The van der Waals surface area contributed by atoms with Crippen molar-refractivity contribution in [2.75, 3.05) is 13.7 Å². The van der Waals surface area contributed by atoms with Crippen molar-refractivity contribution in [3.8, 4) is 0 Å². The Morgan fingerprint density at radius 3 is 2.81 bits per heavy atom. The number of nitrogens with zero attached hydrogens (tertiary/aromatic N) is 3. The maximum absolute atomic E-state index is 5.90. The van der Waals surface area contributed by atoms with Crippen LogP contribution in [0.15, 0.2) is 21.0 Å². The van der Waals surface area contributed by atoms with Gasteiger partial charge in [-0.1, -0.05) is 0 Å². The van der Waals surface area contributed by atoms with Gasteiger partial charge in [0.2, 0.25) is 11.8 Å². The summed E-state index contributed by atoms with van der Waals surface area (Å²) in [5.74, 6) is 3.08. The molecule has 1 fully saturated rings. The van der Waals surface area contributed by atoms with Crippen molar-refractivity contribution in [3.05, 3.63) is 35.4 Å². The molecule has 114 valence electrons. The smallest absolute Gasteiger partial charge is 0.230 e. The Labute approximate surface area is 124 Å². The Hall–Kier alpha value is -1.66. The fourth-order valence-corrected chi connectivity index (χ4v) is 2.57. The minimum atomic E-state index is 0.122. The molecular formula is C15H21N3O3. The first-order chi connectivity index (χ1) is 10.2. The van der Waals surface area contributed by atoms with Crippen LogP contribution < -0.4 is 0 Å². The Kier molecular flexibility index (Phi) is 4.36. The third kappa shape index (κ3) is 3.71. The third-order valence-electron chi connectivity index (χ3n) is 3.58. The lowest BCUT2D eigenvalue weighted by atomic mass is 10.1. The molecule has 0 amide bonds. The van der Waals surface area contributed by atoms with E-state index in [1.54, 1.807) is 6.92 Å². The molecule has 0 radical (unpaired) electrons. The van der Waals surface area contributed by atoms with Crippen molar-refractivity contribution in [3.63, 3.8) is 0 Å². The Morgan fingerprint density at radius 2 is 2.10 bits per heavy atom. The molecule has 1 saturated heterocycles. The summed E-state index contributed by atoms with van der Waals surface area (Å²) in [6, 6.07) is 4.04. The topological polar surface area (TPSA) is 64.5 Å². The standard InChI is InChI=1S/C15H21N3O3/c1-11-16-17-15(20-11)10-18(2)9-12-6-7-14(21-12)13-5-3-4-8-19-13/h6-7,13H,3-5,8-10H2,1-2H3/t13-/m0/s1. The van der Waals surface area contributed by atoms with Crippen LogP contribution in [0.25, 0.3) is 0 Å². The summed E-state index contributed by atoms with van der Waals surface area (Å²) in [5.41, 5.74) is 0. The van der Waals surface area contributed by atoms with Crippen molar-refractivity contribution in [1.29, 1.82) is 0 Å². The van der Waals surface area contributed by atoms with Gasteiger partial charge in [0.1, 0.15) is 17.6 Å². The zero-order chi connectivity index (χ0) is 14.7. The summed E-state index contributed by atoms with van der Waals surface area (Å²) in [6.07, 6.45) is 3.52. The van der Waals surface area contributed by atoms with Gasteiger partial charge in [0.15, 0.2) is 0 Å². The van der Waals surface area contributed by atoms with Gasteiger partial charge >= 0.3 is 0 Å². The van der Waals surface area contributed by atoms with Crippen LogP contribution in [-0.2, 0) is 17.8 Å². The lowest BCUT2D eigenvalue weighted by Crippen LogP contribution is -2.17. The van der Waals surface area contributed by atoms with Crippen LogP contribution >= 0.6 is 0 Å². The van der Waals surface area contributed by atoms with Crippen molar-refractivity contribution in [2.45, 2.75) is 45.4 Å². The number of hydrogen-bond acceptors (Lipinski definition) is 6. The second kappa shape index (κ2) is 6.41. The van der Waals surface area contributed by atoms with Gasteiger partial charge in [-0.25, -0.2) is 0 Å². The summed E-state index contributed by atoms with van der Waals surface area (Å²) >= 11 is 0. The number of aromatic nitrogens is 2. The Morgan fingerprint density at radius 1 is 1.19 bits per heavy atom. The maximum atomic E-state index is 5.90. The summed E-state index contributed by atoms with van der Waals surface area (Å²) in [5, 5.41) is 7.83. The first-order valence-corrected chi connectivity index (χ1v) is 7.38. The molecular weight excluding hydrogens is 270 g/mol. The van der Waals surface area contributed by atoms with Crippen molar-refractivity contribution in [2.24, 2.45) is 0 Å². The SMILES string of the molecule is Cc1nnc(CN(C)Cc2ccc([C@@H]3CCCCO3)o2)o1. The van der Waals surface area contributed by atoms with E-state index >= 15 is 0 Å². The van der Waals surface area contributed by atoms with E-state index in [9.17, 15) is 0 Å². The van der Waals surface area contributed by atoms with Crippen LogP contribution in [0.5, 0.6) is 0 Å². The lowest BCUT2D eigenvalue weighted by molar-refractivity contribution is 0.000885. The first-order valence-electron chi connectivity index (χ1n) is 7.38. The molecule has 0 saturated carbocycles. The molecule has 6 heteroatoms. The number of rotatable bonds is 5. The van der Waals surface area contributed by atoms with E-state index in [1.807, 2.05) is 19.2 Å². The van der Waals surface area contributed by atoms with Crippen LogP contribution in [0.2, 0.25) is 0 Å². The molecule has 0 aliphatic carbocycles. The average Bonchev–Trinajstić information content (AvgIpc) is 3.09. The van der Waals surface area contributed by atoms with Crippen LogP contribution in [0.3, 0.4) is 0 Å². The Balaban J connectivity index is 1.56. The molecule has 1 aliphatic heterocycles. The van der Waals surface area contributed by atoms with Crippen molar-refractivity contribution in [1.82, 2.24) is 15.1 Å². The van der Waals surface area contributed by atoms with E-state index in [1.165, 1.54) is 6.42 Å². The van der Waals surface area contributed by atoms with E-state index in [0.717, 1.165) is 31.0 Å². The van der Waals surface area contributed by atoms with E-state index in [0.29, 0.717) is 24.9 Å². The molecule has 0 aromatic carbocycles. The maximum Gasteiger partial charge on any atom is 0.230 e. The Bertz CT molecular complexity index is 572. The minimum Gasteiger partial charge on any atom is -0.462 e. The fraction of sp³-hybridized carbons (Fsp3) is 0.600. The molecule has 0 unspecified atom stereocenters. The van der Waals surface area contributed by atoms with E-state index in [4.69, 9.17) is 13.6 Å². The second-order valence-corrected chi connectivity index (χ2v) is 5.55. The van der Waals surface area contributed by atoms with Crippen LogP contribution in [0, 0.1) is 6.92 Å². The van der Waals surface area contributed by atoms with Crippen molar-refractivity contribution < 1.29 is 13.6 Å². The quantitative estimate of drug-likeness (QED) is 0.844. The van der Waals surface area contributed by atoms with Gasteiger partial charge in [-0.05, 0) is 38.4 Å². The monoisotopic (exact) mass is 291 g/mol. The summed E-state index contributed by atoms with van der Waals surface area (Å²) in [6.45, 7) is 3.93. The highest BCUT2D eigenvalue weighted by atomic mass is 16.5. The molecule has 6 nitrogen and oxygen atoms in total. The summed E-state index contributed by atoms with van der Waals surface area (Å²) < 4.78 is 17.0. The van der Waals surface area contributed by atoms with Gasteiger partial charge in [-0.3, -0.25) is 4.90 Å². The molecule has 0 N–H and O–H groups in total. The van der Waals surface area contributed by atoms with E-state index in [2.05, 4.69) is 15.1 Å². The first kappa shape index (κ1) is 14.3. The molecule has 1 atom stereocenters. The second-order valence-electron chi connectivity index (χ2n) is 5.55. The highest BCUT2D eigenvalue weighted by Gasteiger charge is 2.19. The van der Waals surface area contributed by atoms with E-state index < -0.39 is 0 Å². The lowest BCUT2D eigenvalue weighted by Gasteiger charge is -2.20. The number of ether oxygens (including phenoxy) is 1. The van der Waals surface area contributed by atoms with Gasteiger partial charge in [0, 0.05) is 13.5 Å². The van der Waals surface area contributed by atoms with Gasteiger partial charge < -0.3 is 13.6 Å². The van der Waals surface area contributed by atoms with Gasteiger partial charge in [-0.15, -0.1) is 10.2 Å². The normalized spacial score (nSPS) is 19.3.